The number of carbonyl (C=O) groups is 1. The molecule has 5 heteroatoms. The molecule has 15 heavy (non-hydrogen) atoms. The number of nitrogens with one attached hydrogen (secondary N) is 1. The molecule has 0 atom stereocenters. The van der Waals surface area contributed by atoms with Gasteiger partial charge in [-0.3, -0.25) is 14.6 Å². The summed E-state index contributed by atoms with van der Waals surface area (Å²) in [6.07, 6.45) is 4.31. The van der Waals surface area contributed by atoms with Crippen LogP contribution in [0.25, 0.3) is 6.08 Å². The van der Waals surface area contributed by atoms with Crippen LogP contribution in [0.3, 0.4) is 0 Å². The number of pyridine rings is 1. The van der Waals surface area contributed by atoms with Crippen LogP contribution in [0.2, 0.25) is 0 Å². The Labute approximate surface area is 86.5 Å². The second kappa shape index (κ2) is 5.66. The van der Waals surface area contributed by atoms with Gasteiger partial charge < -0.3 is 10.4 Å². The van der Waals surface area contributed by atoms with E-state index in [1.165, 1.54) is 18.6 Å². The summed E-state index contributed by atoms with van der Waals surface area (Å²) in [6.45, 7) is -0.528. The number of hydrogen-bond acceptors (Lipinski definition) is 4. The quantitative estimate of drug-likeness (QED) is 0.304. The summed E-state index contributed by atoms with van der Waals surface area (Å²) in [5.74, 6) is -0.682. The lowest BCUT2D eigenvalue weighted by atomic mass is 10.2. The van der Waals surface area contributed by atoms with E-state index < -0.39 is 12.6 Å². The average molecular weight is 205 g/mol. The number of nitrogens with zero attached hydrogens (tertiary/aromatic N) is 1. The third kappa shape index (κ3) is 3.32. The molecule has 2 N–H and O–H groups in total. The number of aliphatic hydroxyl groups excluding tert-OH is 1. The zero-order valence-electron chi connectivity index (χ0n) is 7.80. The van der Waals surface area contributed by atoms with Crippen molar-refractivity contribution in [2.45, 2.75) is 0 Å². The highest BCUT2D eigenvalue weighted by Crippen LogP contribution is 2.01. The summed E-state index contributed by atoms with van der Waals surface area (Å²) in [4.78, 5) is 25.5. The van der Waals surface area contributed by atoms with E-state index in [2.05, 4.69) is 10.3 Å². The Bertz CT molecular complexity index is 374. The molecule has 0 saturated heterocycles. The Morgan fingerprint density at radius 1 is 1.60 bits per heavy atom. The molecule has 0 aromatic carbocycles. The van der Waals surface area contributed by atoms with E-state index in [0.717, 1.165) is 0 Å². The minimum atomic E-state index is -0.682. The van der Waals surface area contributed by atoms with Crippen LogP contribution >= 0.6 is 0 Å². The van der Waals surface area contributed by atoms with Crippen molar-refractivity contribution >= 4 is 18.3 Å². The average Bonchev–Trinajstić information content (AvgIpc) is 2.27. The highest BCUT2D eigenvalue weighted by Gasteiger charge is 2.08. The summed E-state index contributed by atoms with van der Waals surface area (Å²) in [6, 6.07) is 5.09. The van der Waals surface area contributed by atoms with Crippen molar-refractivity contribution in [2.75, 3.05) is 6.73 Å². The van der Waals surface area contributed by atoms with Crippen LogP contribution in [0.5, 0.6) is 0 Å². The predicted octanol–water partition coefficient (Wildman–Crippen LogP) is -0.359. The zero-order valence-corrected chi connectivity index (χ0v) is 7.80. The Morgan fingerprint density at radius 3 is 2.93 bits per heavy atom. The lowest BCUT2D eigenvalue weighted by molar-refractivity contribution is -0.117. The van der Waals surface area contributed by atoms with Crippen molar-refractivity contribution in [2.24, 2.45) is 0 Å². The van der Waals surface area contributed by atoms with E-state index in [0.29, 0.717) is 5.69 Å². The van der Waals surface area contributed by atoms with Gasteiger partial charge in [0, 0.05) is 6.20 Å². The molecule has 1 aromatic rings. The smallest absolute Gasteiger partial charge is 0.257 e. The van der Waals surface area contributed by atoms with Gasteiger partial charge in [-0.1, -0.05) is 6.07 Å². The van der Waals surface area contributed by atoms with Crippen LogP contribution in [0.1, 0.15) is 5.69 Å². The molecule has 1 rings (SSSR count). The summed E-state index contributed by atoms with van der Waals surface area (Å²) in [7, 11) is 0. The van der Waals surface area contributed by atoms with Gasteiger partial charge in [0.05, 0.1) is 11.3 Å². The Kier molecular flexibility index (Phi) is 4.18. The first-order chi connectivity index (χ1) is 7.27. The Balaban J connectivity index is 2.87. The van der Waals surface area contributed by atoms with Crippen LogP contribution in [0, 0.1) is 0 Å². The molecule has 0 saturated carbocycles. The first kappa shape index (κ1) is 11.1. The maximum absolute atomic E-state index is 11.1. The minimum absolute atomic E-state index is 0.206. The lowest BCUT2D eigenvalue weighted by Crippen LogP contribution is -2.26. The summed E-state index contributed by atoms with van der Waals surface area (Å²) < 4.78 is 0. The molecule has 0 fully saturated rings. The summed E-state index contributed by atoms with van der Waals surface area (Å²) in [5, 5.41) is 10.5. The molecule has 1 heterocycles. The second-order valence-corrected chi connectivity index (χ2v) is 2.58. The predicted molar refractivity (Wildman–Crippen MR) is 53.1 cm³/mol. The fourth-order valence-corrected chi connectivity index (χ4v) is 0.918. The van der Waals surface area contributed by atoms with Crippen LogP contribution in [0.15, 0.2) is 30.0 Å². The molecule has 5 nitrogen and oxygen atoms in total. The van der Waals surface area contributed by atoms with Gasteiger partial charge in [-0.05, 0) is 18.2 Å². The first-order valence-electron chi connectivity index (χ1n) is 4.18. The van der Waals surface area contributed by atoms with Crippen molar-refractivity contribution in [1.82, 2.24) is 10.3 Å². The van der Waals surface area contributed by atoms with Crippen LogP contribution < -0.4 is 5.32 Å². The van der Waals surface area contributed by atoms with Crippen LogP contribution in [-0.4, -0.2) is 29.0 Å². The fourth-order valence-electron chi connectivity index (χ4n) is 0.918. The van der Waals surface area contributed by atoms with Crippen LogP contribution in [-0.2, 0) is 9.59 Å². The molecule has 0 aliphatic carbocycles. The van der Waals surface area contributed by atoms with E-state index in [1.54, 1.807) is 18.2 Å². The van der Waals surface area contributed by atoms with E-state index in [4.69, 9.17) is 5.11 Å². The standard InChI is InChI=1S/C10H9N2O3/c13-6-8(10(15)12-7-14)5-9-3-1-2-4-11-9/h1-5,14H,7H2,(H,12,15)/b8-5+. The SMILES string of the molecule is O=[C]/C(=C\c1ccccn1)C(=O)NCO. The zero-order chi connectivity index (χ0) is 11.1. The maximum Gasteiger partial charge on any atom is 0.257 e. The monoisotopic (exact) mass is 205 g/mol. The molecular weight excluding hydrogens is 196 g/mol. The van der Waals surface area contributed by atoms with Gasteiger partial charge in [-0.2, -0.15) is 0 Å². The maximum atomic E-state index is 11.1. The van der Waals surface area contributed by atoms with Crippen molar-refractivity contribution in [1.29, 1.82) is 0 Å². The van der Waals surface area contributed by atoms with E-state index >= 15 is 0 Å². The van der Waals surface area contributed by atoms with Crippen molar-refractivity contribution < 1.29 is 14.7 Å². The Morgan fingerprint density at radius 2 is 2.40 bits per heavy atom. The first-order valence-corrected chi connectivity index (χ1v) is 4.18. The van der Waals surface area contributed by atoms with E-state index in [-0.39, 0.29) is 5.57 Å². The third-order valence-electron chi connectivity index (χ3n) is 1.57. The number of aromatic nitrogens is 1. The third-order valence-corrected chi connectivity index (χ3v) is 1.57. The van der Waals surface area contributed by atoms with Gasteiger partial charge in [0.2, 0.25) is 6.29 Å². The molecule has 0 bridgehead atoms. The summed E-state index contributed by atoms with van der Waals surface area (Å²) in [5.41, 5.74) is 0.270. The van der Waals surface area contributed by atoms with E-state index in [9.17, 15) is 9.59 Å². The molecule has 0 aliphatic rings. The van der Waals surface area contributed by atoms with Gasteiger partial charge in [-0.15, -0.1) is 0 Å². The van der Waals surface area contributed by atoms with Gasteiger partial charge in [0.15, 0.2) is 0 Å². The molecule has 0 unspecified atom stereocenters. The minimum Gasteiger partial charge on any atom is -0.376 e. The highest BCUT2D eigenvalue weighted by molar-refractivity contribution is 6.14. The molecule has 0 spiro atoms. The fraction of sp³-hybridized carbons (Fsp3) is 0.100. The van der Waals surface area contributed by atoms with Crippen molar-refractivity contribution in [3.8, 4) is 0 Å². The van der Waals surface area contributed by atoms with Gasteiger partial charge in [-0.25, -0.2) is 0 Å². The topological polar surface area (TPSA) is 79.3 Å². The van der Waals surface area contributed by atoms with Crippen molar-refractivity contribution in [3.63, 3.8) is 0 Å². The number of amides is 1. The normalized spacial score (nSPS) is 10.9. The largest absolute Gasteiger partial charge is 0.376 e. The molecule has 1 radical (unpaired) electrons. The molecule has 1 amide bonds. The number of hydrogen-bond donors (Lipinski definition) is 2. The number of carbonyl (C=O) groups excluding carboxylic acids is 2. The van der Waals surface area contributed by atoms with Gasteiger partial charge in [0.1, 0.15) is 6.73 Å². The van der Waals surface area contributed by atoms with Gasteiger partial charge >= 0.3 is 0 Å². The highest BCUT2D eigenvalue weighted by atomic mass is 16.3. The van der Waals surface area contributed by atoms with Crippen molar-refractivity contribution in [3.05, 3.63) is 35.7 Å². The van der Waals surface area contributed by atoms with Gasteiger partial charge in [0.25, 0.3) is 5.91 Å². The lowest BCUT2D eigenvalue weighted by Gasteiger charge is -1.99. The second-order valence-electron chi connectivity index (χ2n) is 2.58. The molecule has 1 aromatic heterocycles. The van der Waals surface area contributed by atoms with E-state index in [1.807, 2.05) is 0 Å². The van der Waals surface area contributed by atoms with Crippen LogP contribution in [0.4, 0.5) is 0 Å². The summed E-state index contributed by atoms with van der Waals surface area (Å²) >= 11 is 0. The molecule has 0 aliphatic heterocycles. The number of rotatable bonds is 4. The molecule has 77 valence electrons. The molecular formula is C10H9N2O3. The Hall–Kier alpha value is -2.01. The number of aliphatic hydroxyl groups is 1.